The van der Waals surface area contributed by atoms with Gasteiger partial charge < -0.3 is 19.7 Å². The van der Waals surface area contributed by atoms with E-state index >= 15 is 0 Å². The second-order valence-electron chi connectivity index (χ2n) is 6.95. The van der Waals surface area contributed by atoms with Crippen LogP contribution in [-0.4, -0.2) is 36.1 Å². The molecule has 2 aromatic rings. The van der Waals surface area contributed by atoms with E-state index in [4.69, 9.17) is 9.47 Å². The van der Waals surface area contributed by atoms with Gasteiger partial charge in [-0.05, 0) is 35.2 Å². The molecule has 0 saturated heterocycles. The van der Waals surface area contributed by atoms with Crippen molar-refractivity contribution in [1.29, 1.82) is 0 Å². The van der Waals surface area contributed by atoms with E-state index in [-0.39, 0.29) is 29.3 Å². The van der Waals surface area contributed by atoms with Crippen molar-refractivity contribution in [3.8, 4) is 23.0 Å². The Bertz CT molecular complexity index is 824. The van der Waals surface area contributed by atoms with Crippen LogP contribution in [0.2, 0.25) is 0 Å². The molecule has 27 heavy (non-hydrogen) atoms. The maximum atomic E-state index is 11.8. The first-order valence-corrected chi connectivity index (χ1v) is 8.36. The van der Waals surface area contributed by atoms with Crippen molar-refractivity contribution in [2.24, 2.45) is 5.10 Å². The van der Waals surface area contributed by atoms with Gasteiger partial charge in [0.25, 0.3) is 5.91 Å². The van der Waals surface area contributed by atoms with Crippen molar-refractivity contribution in [2.75, 3.05) is 13.7 Å². The average Bonchev–Trinajstić information content (AvgIpc) is 2.62. The lowest BCUT2D eigenvalue weighted by molar-refractivity contribution is -0.123. The number of amides is 1. The van der Waals surface area contributed by atoms with Crippen LogP contribution in [0.3, 0.4) is 0 Å². The first-order valence-electron chi connectivity index (χ1n) is 8.36. The Balaban J connectivity index is 1.88. The van der Waals surface area contributed by atoms with E-state index in [1.54, 1.807) is 0 Å². The SMILES string of the molecule is COc1cc(/C=N/NC(=O)COc2ccc(C(C)(C)C)cc2)cc(O)c1O. The standard InChI is InChI=1S/C20H24N2O5/c1-20(2,3)14-5-7-15(8-6-14)27-12-18(24)22-21-11-13-9-16(23)19(25)17(10-13)26-4/h5-11,23,25H,12H2,1-4H3,(H,22,24)/b21-11+. The molecule has 0 atom stereocenters. The number of hydrogen-bond acceptors (Lipinski definition) is 6. The molecule has 2 rings (SSSR count). The number of carbonyl (C=O) groups is 1. The van der Waals surface area contributed by atoms with Gasteiger partial charge in [0.05, 0.1) is 13.3 Å². The maximum Gasteiger partial charge on any atom is 0.277 e. The number of aromatic hydroxyl groups is 2. The fourth-order valence-electron chi connectivity index (χ4n) is 2.26. The van der Waals surface area contributed by atoms with Gasteiger partial charge in [-0.15, -0.1) is 0 Å². The summed E-state index contributed by atoms with van der Waals surface area (Å²) < 4.78 is 10.4. The van der Waals surface area contributed by atoms with E-state index < -0.39 is 5.91 Å². The molecule has 2 aromatic carbocycles. The number of hydrazone groups is 1. The van der Waals surface area contributed by atoms with Crippen molar-refractivity contribution in [1.82, 2.24) is 5.43 Å². The minimum absolute atomic E-state index is 0.0516. The number of nitrogens with one attached hydrogen (secondary N) is 1. The Hall–Kier alpha value is -3.22. The van der Waals surface area contributed by atoms with Gasteiger partial charge in [0.1, 0.15) is 5.75 Å². The number of ether oxygens (including phenoxy) is 2. The zero-order chi connectivity index (χ0) is 20.0. The third-order valence-electron chi connectivity index (χ3n) is 3.79. The van der Waals surface area contributed by atoms with Crippen molar-refractivity contribution >= 4 is 12.1 Å². The summed E-state index contributed by atoms with van der Waals surface area (Å²) >= 11 is 0. The highest BCUT2D eigenvalue weighted by atomic mass is 16.5. The Kier molecular flexibility index (Phi) is 6.28. The van der Waals surface area contributed by atoms with Crippen LogP contribution in [0.4, 0.5) is 0 Å². The fourth-order valence-corrected chi connectivity index (χ4v) is 2.26. The molecule has 0 unspecified atom stereocenters. The second kappa shape index (κ2) is 8.44. The number of rotatable bonds is 6. The summed E-state index contributed by atoms with van der Waals surface area (Å²) in [5.41, 5.74) is 4.00. The smallest absolute Gasteiger partial charge is 0.277 e. The highest BCUT2D eigenvalue weighted by Gasteiger charge is 2.13. The summed E-state index contributed by atoms with van der Waals surface area (Å²) in [5, 5.41) is 23.0. The van der Waals surface area contributed by atoms with Crippen molar-refractivity contribution < 1.29 is 24.5 Å². The summed E-state index contributed by atoms with van der Waals surface area (Å²) in [6.07, 6.45) is 1.32. The number of methoxy groups -OCH3 is 1. The first kappa shape index (κ1) is 20.1. The lowest BCUT2D eigenvalue weighted by atomic mass is 9.87. The average molecular weight is 372 g/mol. The van der Waals surface area contributed by atoms with Crippen LogP contribution < -0.4 is 14.9 Å². The van der Waals surface area contributed by atoms with Crippen molar-refractivity contribution in [3.63, 3.8) is 0 Å². The van der Waals surface area contributed by atoms with E-state index in [9.17, 15) is 15.0 Å². The molecular formula is C20H24N2O5. The molecular weight excluding hydrogens is 348 g/mol. The zero-order valence-electron chi connectivity index (χ0n) is 15.8. The Morgan fingerprint density at radius 1 is 1.19 bits per heavy atom. The highest BCUT2D eigenvalue weighted by Crippen LogP contribution is 2.35. The van der Waals surface area contributed by atoms with Crippen LogP contribution in [0.5, 0.6) is 23.0 Å². The van der Waals surface area contributed by atoms with E-state index in [2.05, 4.69) is 31.3 Å². The maximum absolute atomic E-state index is 11.8. The number of phenols is 2. The third-order valence-corrected chi connectivity index (χ3v) is 3.79. The van der Waals surface area contributed by atoms with Crippen LogP contribution in [0.15, 0.2) is 41.5 Å². The van der Waals surface area contributed by atoms with Crippen molar-refractivity contribution in [3.05, 3.63) is 47.5 Å². The first-order chi connectivity index (χ1) is 12.7. The molecule has 0 radical (unpaired) electrons. The Morgan fingerprint density at radius 2 is 1.85 bits per heavy atom. The minimum atomic E-state index is -0.430. The van der Waals surface area contributed by atoms with Crippen LogP contribution in [0, 0.1) is 0 Å². The molecule has 0 aromatic heterocycles. The van der Waals surface area contributed by atoms with Gasteiger partial charge in [0, 0.05) is 5.56 Å². The monoisotopic (exact) mass is 372 g/mol. The van der Waals surface area contributed by atoms with Crippen LogP contribution in [0.25, 0.3) is 0 Å². The van der Waals surface area contributed by atoms with Gasteiger partial charge in [-0.2, -0.15) is 5.10 Å². The second-order valence-corrected chi connectivity index (χ2v) is 6.95. The van der Waals surface area contributed by atoms with Crippen LogP contribution >= 0.6 is 0 Å². The van der Waals surface area contributed by atoms with E-state index in [1.807, 2.05) is 24.3 Å². The number of phenolic OH excluding ortho intramolecular Hbond substituents is 2. The molecule has 0 bridgehead atoms. The largest absolute Gasteiger partial charge is 0.504 e. The molecule has 1 amide bonds. The van der Waals surface area contributed by atoms with Crippen LogP contribution in [-0.2, 0) is 10.2 Å². The summed E-state index contributed by atoms with van der Waals surface area (Å²) in [7, 11) is 1.36. The van der Waals surface area contributed by atoms with E-state index in [0.29, 0.717) is 11.3 Å². The van der Waals surface area contributed by atoms with Gasteiger partial charge in [0.15, 0.2) is 18.1 Å². The summed E-state index contributed by atoms with van der Waals surface area (Å²) in [5.74, 6) is -0.435. The van der Waals surface area contributed by atoms with Crippen LogP contribution in [0.1, 0.15) is 31.9 Å². The van der Waals surface area contributed by atoms with Gasteiger partial charge in [-0.25, -0.2) is 5.43 Å². The quantitative estimate of drug-likeness (QED) is 0.411. The predicted molar refractivity (Wildman–Crippen MR) is 103 cm³/mol. The minimum Gasteiger partial charge on any atom is -0.504 e. The summed E-state index contributed by atoms with van der Waals surface area (Å²) in [6.45, 7) is 6.18. The Labute approximate surface area is 158 Å². The lowest BCUT2D eigenvalue weighted by Gasteiger charge is -2.19. The molecule has 0 fully saturated rings. The van der Waals surface area contributed by atoms with Gasteiger partial charge >= 0.3 is 0 Å². The molecule has 0 aliphatic carbocycles. The predicted octanol–water partition coefficient (Wildman–Crippen LogP) is 2.93. The zero-order valence-corrected chi connectivity index (χ0v) is 15.8. The molecule has 0 heterocycles. The molecule has 0 aliphatic rings. The molecule has 3 N–H and O–H groups in total. The van der Waals surface area contributed by atoms with Gasteiger partial charge in [-0.3, -0.25) is 4.79 Å². The number of carbonyl (C=O) groups excluding carboxylic acids is 1. The topological polar surface area (TPSA) is 100 Å². The molecule has 7 heteroatoms. The number of nitrogens with zero attached hydrogens (tertiary/aromatic N) is 1. The molecule has 0 spiro atoms. The number of benzene rings is 2. The summed E-state index contributed by atoms with van der Waals surface area (Å²) in [6, 6.07) is 10.3. The summed E-state index contributed by atoms with van der Waals surface area (Å²) in [4.78, 5) is 11.8. The molecule has 0 aliphatic heterocycles. The Morgan fingerprint density at radius 3 is 2.44 bits per heavy atom. The van der Waals surface area contributed by atoms with E-state index in [1.165, 1.54) is 31.0 Å². The van der Waals surface area contributed by atoms with Crippen molar-refractivity contribution in [2.45, 2.75) is 26.2 Å². The molecule has 7 nitrogen and oxygen atoms in total. The molecule has 144 valence electrons. The highest BCUT2D eigenvalue weighted by molar-refractivity contribution is 5.84. The normalized spacial score (nSPS) is 11.4. The lowest BCUT2D eigenvalue weighted by Crippen LogP contribution is -2.24. The molecule has 0 saturated carbocycles. The van der Waals surface area contributed by atoms with Gasteiger partial charge in [-0.1, -0.05) is 32.9 Å². The number of hydrogen-bond donors (Lipinski definition) is 3. The third kappa shape index (κ3) is 5.64. The fraction of sp³-hybridized carbons (Fsp3) is 0.300. The van der Waals surface area contributed by atoms with Gasteiger partial charge in [0.2, 0.25) is 5.75 Å². The van der Waals surface area contributed by atoms with E-state index in [0.717, 1.165) is 0 Å².